The number of hydrogen-bond donors (Lipinski definition) is 0. The Bertz CT molecular complexity index is 584. The predicted molar refractivity (Wildman–Crippen MR) is 67.7 cm³/mol. The van der Waals surface area contributed by atoms with Crippen LogP contribution in [-0.4, -0.2) is 6.61 Å². The van der Waals surface area contributed by atoms with Crippen LogP contribution < -0.4 is 4.74 Å². The normalized spacial score (nSPS) is 9.83. The average Bonchev–Trinajstić information content (AvgIpc) is 2.40. The quantitative estimate of drug-likeness (QED) is 0.819. The number of halogens is 1. The van der Waals surface area contributed by atoms with Crippen LogP contribution in [0.1, 0.15) is 12.5 Å². The summed E-state index contributed by atoms with van der Waals surface area (Å²) in [6.45, 7) is 2.33. The molecule has 2 aromatic carbocycles. The van der Waals surface area contributed by atoms with Crippen molar-refractivity contribution >= 4 is 0 Å². The lowest BCUT2D eigenvalue weighted by molar-refractivity contribution is 0.339. The van der Waals surface area contributed by atoms with E-state index in [-0.39, 0.29) is 5.82 Å². The summed E-state index contributed by atoms with van der Waals surface area (Å²) in [4.78, 5) is 0. The van der Waals surface area contributed by atoms with Crippen molar-refractivity contribution in [2.75, 3.05) is 6.61 Å². The highest BCUT2D eigenvalue weighted by atomic mass is 19.1. The van der Waals surface area contributed by atoms with Gasteiger partial charge in [-0.05, 0) is 36.8 Å². The van der Waals surface area contributed by atoms with Crippen LogP contribution in [0.25, 0.3) is 11.1 Å². The van der Waals surface area contributed by atoms with Gasteiger partial charge < -0.3 is 4.74 Å². The van der Waals surface area contributed by atoms with Crippen molar-refractivity contribution in [2.24, 2.45) is 0 Å². The largest absolute Gasteiger partial charge is 0.493 e. The summed E-state index contributed by atoms with van der Waals surface area (Å²) in [5, 5.41) is 8.75. The fourth-order valence-corrected chi connectivity index (χ4v) is 1.73. The molecule has 0 aliphatic rings. The van der Waals surface area contributed by atoms with E-state index in [0.717, 1.165) is 11.1 Å². The van der Waals surface area contributed by atoms with Gasteiger partial charge in [-0.2, -0.15) is 5.26 Å². The molecule has 2 rings (SSSR count). The number of nitriles is 1. The van der Waals surface area contributed by atoms with Gasteiger partial charge in [-0.15, -0.1) is 0 Å². The molecule has 0 aliphatic carbocycles. The summed E-state index contributed by atoms with van der Waals surface area (Å²) in [5.41, 5.74) is 2.32. The first-order valence-corrected chi connectivity index (χ1v) is 5.67. The molecule has 0 heterocycles. The topological polar surface area (TPSA) is 33.0 Å². The lowest BCUT2D eigenvalue weighted by atomic mass is 10.0. The van der Waals surface area contributed by atoms with Crippen LogP contribution in [0.4, 0.5) is 4.39 Å². The average molecular weight is 241 g/mol. The maximum atomic E-state index is 13.2. The molecule has 18 heavy (non-hydrogen) atoms. The zero-order valence-electron chi connectivity index (χ0n) is 9.98. The van der Waals surface area contributed by atoms with E-state index in [1.807, 2.05) is 19.1 Å². The number of hydrogen-bond acceptors (Lipinski definition) is 2. The van der Waals surface area contributed by atoms with Crippen molar-refractivity contribution in [3.05, 3.63) is 53.8 Å². The van der Waals surface area contributed by atoms with Crippen molar-refractivity contribution in [3.8, 4) is 22.9 Å². The van der Waals surface area contributed by atoms with Crippen LogP contribution in [-0.2, 0) is 0 Å². The minimum absolute atomic E-state index is 0.323. The molecule has 0 radical (unpaired) electrons. The molecule has 0 amide bonds. The summed E-state index contributed by atoms with van der Waals surface area (Å²) in [5.74, 6) is 0.193. The second kappa shape index (κ2) is 5.33. The van der Waals surface area contributed by atoms with Gasteiger partial charge in [0, 0.05) is 11.6 Å². The van der Waals surface area contributed by atoms with Gasteiger partial charge in [0.2, 0.25) is 0 Å². The predicted octanol–water partition coefficient (Wildman–Crippen LogP) is 3.76. The summed E-state index contributed by atoms with van der Waals surface area (Å²) in [6.07, 6.45) is 0. The smallest absolute Gasteiger partial charge is 0.130 e. The fourth-order valence-electron chi connectivity index (χ4n) is 1.73. The number of rotatable bonds is 3. The molecule has 0 saturated carbocycles. The van der Waals surface area contributed by atoms with Gasteiger partial charge in [0.05, 0.1) is 18.2 Å². The third-order valence-electron chi connectivity index (χ3n) is 2.57. The van der Waals surface area contributed by atoms with Gasteiger partial charge in [-0.1, -0.05) is 12.1 Å². The van der Waals surface area contributed by atoms with E-state index in [1.54, 1.807) is 18.2 Å². The van der Waals surface area contributed by atoms with Crippen LogP contribution in [0.5, 0.6) is 5.75 Å². The molecule has 0 N–H and O–H groups in total. The maximum Gasteiger partial charge on any atom is 0.130 e. The number of ether oxygens (including phenoxy) is 1. The second-order valence-corrected chi connectivity index (χ2v) is 3.76. The highest BCUT2D eigenvalue weighted by Crippen LogP contribution is 2.30. The first-order valence-electron chi connectivity index (χ1n) is 5.67. The van der Waals surface area contributed by atoms with Gasteiger partial charge in [-0.25, -0.2) is 4.39 Å². The van der Waals surface area contributed by atoms with E-state index in [4.69, 9.17) is 10.00 Å². The van der Waals surface area contributed by atoms with Gasteiger partial charge in [0.1, 0.15) is 11.6 Å². The van der Waals surface area contributed by atoms with Crippen LogP contribution in [0.15, 0.2) is 42.5 Å². The monoisotopic (exact) mass is 241 g/mol. The lowest BCUT2D eigenvalue weighted by Gasteiger charge is -2.10. The van der Waals surface area contributed by atoms with Crippen LogP contribution in [0, 0.1) is 17.1 Å². The van der Waals surface area contributed by atoms with Crippen LogP contribution in [0.3, 0.4) is 0 Å². The Kier molecular flexibility index (Phi) is 3.59. The maximum absolute atomic E-state index is 13.2. The third-order valence-corrected chi connectivity index (χ3v) is 2.57. The molecule has 0 atom stereocenters. The molecule has 0 aliphatic heterocycles. The first-order chi connectivity index (χ1) is 8.74. The van der Waals surface area contributed by atoms with Crippen LogP contribution >= 0.6 is 0 Å². The Hall–Kier alpha value is -2.34. The minimum Gasteiger partial charge on any atom is -0.493 e. The minimum atomic E-state index is -0.323. The summed E-state index contributed by atoms with van der Waals surface area (Å²) in [7, 11) is 0. The lowest BCUT2D eigenvalue weighted by Crippen LogP contribution is -1.95. The van der Waals surface area contributed by atoms with Crippen molar-refractivity contribution in [1.82, 2.24) is 0 Å². The highest BCUT2D eigenvalue weighted by Gasteiger charge is 2.07. The zero-order chi connectivity index (χ0) is 13.0. The SMILES string of the molecule is CCOc1cc(F)ccc1-c1ccc(C#N)cc1. The number of benzene rings is 2. The second-order valence-electron chi connectivity index (χ2n) is 3.76. The molecule has 0 spiro atoms. The summed E-state index contributed by atoms with van der Waals surface area (Å²) >= 11 is 0. The molecule has 3 heteroatoms. The van der Waals surface area contributed by atoms with E-state index >= 15 is 0 Å². The van der Waals surface area contributed by atoms with E-state index in [2.05, 4.69) is 6.07 Å². The molecule has 0 fully saturated rings. The molecule has 0 saturated heterocycles. The van der Waals surface area contributed by atoms with Crippen molar-refractivity contribution < 1.29 is 9.13 Å². The molecule has 90 valence electrons. The van der Waals surface area contributed by atoms with Crippen molar-refractivity contribution in [2.45, 2.75) is 6.92 Å². The Morgan fingerprint density at radius 1 is 1.17 bits per heavy atom. The Labute approximate surface area is 105 Å². The van der Waals surface area contributed by atoms with E-state index in [9.17, 15) is 4.39 Å². The Morgan fingerprint density at radius 2 is 1.89 bits per heavy atom. The summed E-state index contributed by atoms with van der Waals surface area (Å²) < 4.78 is 18.6. The molecule has 2 aromatic rings. The summed E-state index contributed by atoms with van der Waals surface area (Å²) in [6, 6.07) is 13.6. The van der Waals surface area contributed by atoms with Gasteiger partial charge >= 0.3 is 0 Å². The van der Waals surface area contributed by atoms with Gasteiger partial charge in [0.15, 0.2) is 0 Å². The van der Waals surface area contributed by atoms with Gasteiger partial charge in [0.25, 0.3) is 0 Å². The Balaban J connectivity index is 2.45. The molecular formula is C15H12FNO. The molecule has 0 aromatic heterocycles. The fraction of sp³-hybridized carbons (Fsp3) is 0.133. The van der Waals surface area contributed by atoms with Crippen molar-refractivity contribution in [3.63, 3.8) is 0 Å². The Morgan fingerprint density at radius 3 is 2.50 bits per heavy atom. The number of nitrogens with zero attached hydrogens (tertiary/aromatic N) is 1. The van der Waals surface area contributed by atoms with Gasteiger partial charge in [-0.3, -0.25) is 0 Å². The molecular weight excluding hydrogens is 229 g/mol. The first kappa shape index (κ1) is 12.1. The zero-order valence-corrected chi connectivity index (χ0v) is 9.98. The third kappa shape index (κ3) is 2.49. The molecule has 0 unspecified atom stereocenters. The van der Waals surface area contributed by atoms with E-state index in [0.29, 0.717) is 17.9 Å². The van der Waals surface area contributed by atoms with Crippen molar-refractivity contribution in [1.29, 1.82) is 5.26 Å². The van der Waals surface area contributed by atoms with E-state index in [1.165, 1.54) is 12.1 Å². The standard InChI is InChI=1S/C15H12FNO/c1-2-18-15-9-13(16)7-8-14(15)12-5-3-11(10-17)4-6-12/h3-9H,2H2,1H3. The van der Waals surface area contributed by atoms with Crippen LogP contribution in [0.2, 0.25) is 0 Å². The molecule has 0 bridgehead atoms. The van der Waals surface area contributed by atoms with E-state index < -0.39 is 0 Å². The highest BCUT2D eigenvalue weighted by molar-refractivity contribution is 5.70. The molecule has 2 nitrogen and oxygen atoms in total.